The summed E-state index contributed by atoms with van der Waals surface area (Å²) in [6.07, 6.45) is 2.18. The highest BCUT2D eigenvalue weighted by atomic mass is 32.2. The minimum absolute atomic E-state index is 0.493. The number of hydrogen-bond acceptors (Lipinski definition) is 6. The molecule has 0 aliphatic heterocycles. The molecule has 2 atom stereocenters. The molecule has 0 bridgehead atoms. The molecule has 8 heteroatoms. The predicted molar refractivity (Wildman–Crippen MR) is 53.3 cm³/mol. The minimum atomic E-state index is -3.57. The summed E-state index contributed by atoms with van der Waals surface area (Å²) in [4.78, 5) is 0. The monoisotopic (exact) mass is 258 g/mol. The Balaban J connectivity index is 2.66. The molecule has 1 unspecified atom stereocenters. The van der Waals surface area contributed by atoms with Crippen molar-refractivity contribution in [2.75, 3.05) is 12.5 Å². The molecule has 6 nitrogen and oxygen atoms in total. The van der Waals surface area contributed by atoms with Crippen LogP contribution < -0.4 is 0 Å². The van der Waals surface area contributed by atoms with Crippen LogP contribution in [0, 0.1) is 0 Å². The van der Waals surface area contributed by atoms with Gasteiger partial charge in [-0.05, 0) is 19.3 Å². The average molecular weight is 258 g/mol. The van der Waals surface area contributed by atoms with Crippen molar-refractivity contribution in [3.63, 3.8) is 0 Å². The van der Waals surface area contributed by atoms with E-state index >= 15 is 0 Å². The third kappa shape index (κ3) is 4.92. The van der Waals surface area contributed by atoms with Crippen molar-refractivity contribution in [3.05, 3.63) is 0 Å². The summed E-state index contributed by atoms with van der Waals surface area (Å²) in [7, 11) is -7.14. The molecule has 1 fully saturated rings. The summed E-state index contributed by atoms with van der Waals surface area (Å²) in [5.74, 6) is 0. The molecule has 15 heavy (non-hydrogen) atoms. The van der Waals surface area contributed by atoms with E-state index in [1.165, 1.54) is 0 Å². The second kappa shape index (κ2) is 4.36. The van der Waals surface area contributed by atoms with Crippen molar-refractivity contribution in [2.45, 2.75) is 31.5 Å². The van der Waals surface area contributed by atoms with E-state index in [1.54, 1.807) is 0 Å². The normalized spacial score (nSPS) is 28.1. The second-order valence-corrected chi connectivity index (χ2v) is 6.81. The van der Waals surface area contributed by atoms with Crippen LogP contribution in [0.4, 0.5) is 0 Å². The third-order valence-corrected chi connectivity index (χ3v) is 3.18. The van der Waals surface area contributed by atoms with Gasteiger partial charge < -0.3 is 0 Å². The standard InChI is InChI=1S/C7H14O6S2/c1-14(8,9)12-6-4-3-5-7(6)13-15(2,10)11/h6-7H,3-5H2,1-2H3/t6-,7?/m1/s1. The topological polar surface area (TPSA) is 86.7 Å². The Labute approximate surface area is 89.8 Å². The molecule has 0 aromatic rings. The minimum Gasteiger partial charge on any atom is -0.264 e. The fourth-order valence-corrected chi connectivity index (χ4v) is 2.90. The van der Waals surface area contributed by atoms with Crippen LogP contribution in [-0.2, 0) is 28.6 Å². The van der Waals surface area contributed by atoms with Gasteiger partial charge in [-0.25, -0.2) is 0 Å². The molecule has 1 saturated carbocycles. The molecule has 1 aliphatic carbocycles. The van der Waals surface area contributed by atoms with E-state index in [9.17, 15) is 16.8 Å². The Hall–Kier alpha value is -0.180. The van der Waals surface area contributed by atoms with Gasteiger partial charge in [-0.15, -0.1) is 0 Å². The molecule has 0 spiro atoms. The fourth-order valence-electron chi connectivity index (χ4n) is 1.56. The van der Waals surface area contributed by atoms with Crippen LogP contribution in [0.5, 0.6) is 0 Å². The van der Waals surface area contributed by atoms with Crippen LogP contribution in [0.25, 0.3) is 0 Å². The zero-order valence-corrected chi connectivity index (χ0v) is 10.2. The lowest BCUT2D eigenvalue weighted by Gasteiger charge is -2.17. The van der Waals surface area contributed by atoms with Gasteiger partial charge in [0.25, 0.3) is 20.2 Å². The Kier molecular flexibility index (Phi) is 3.75. The van der Waals surface area contributed by atoms with Crippen molar-refractivity contribution in [1.29, 1.82) is 0 Å². The van der Waals surface area contributed by atoms with Crippen LogP contribution in [0.3, 0.4) is 0 Å². The average Bonchev–Trinajstić information content (AvgIpc) is 2.29. The largest absolute Gasteiger partial charge is 0.264 e. The van der Waals surface area contributed by atoms with Gasteiger partial charge in [0.05, 0.1) is 12.5 Å². The van der Waals surface area contributed by atoms with E-state index in [0.717, 1.165) is 12.5 Å². The van der Waals surface area contributed by atoms with Gasteiger partial charge in [-0.1, -0.05) is 0 Å². The van der Waals surface area contributed by atoms with E-state index < -0.39 is 32.4 Å². The molecule has 0 aromatic heterocycles. The van der Waals surface area contributed by atoms with Crippen LogP contribution >= 0.6 is 0 Å². The number of rotatable bonds is 4. The molecular weight excluding hydrogens is 244 g/mol. The van der Waals surface area contributed by atoms with Gasteiger partial charge in [-0.2, -0.15) is 16.8 Å². The van der Waals surface area contributed by atoms with Gasteiger partial charge >= 0.3 is 0 Å². The molecule has 1 rings (SSSR count). The van der Waals surface area contributed by atoms with Crippen molar-refractivity contribution in [3.8, 4) is 0 Å². The van der Waals surface area contributed by atoms with Crippen LogP contribution in [0.2, 0.25) is 0 Å². The molecule has 0 radical (unpaired) electrons. The predicted octanol–water partition coefficient (Wildman–Crippen LogP) is -0.140. The van der Waals surface area contributed by atoms with Crippen LogP contribution in [0.15, 0.2) is 0 Å². The lowest BCUT2D eigenvalue weighted by molar-refractivity contribution is 0.0887. The summed E-state index contributed by atoms with van der Waals surface area (Å²) >= 11 is 0. The lowest BCUT2D eigenvalue weighted by atomic mass is 10.3. The van der Waals surface area contributed by atoms with Gasteiger partial charge in [0.1, 0.15) is 12.2 Å². The maximum Gasteiger partial charge on any atom is 0.264 e. The molecule has 90 valence electrons. The first-order valence-corrected chi connectivity index (χ1v) is 8.07. The Bertz CT molecular complexity index is 369. The first kappa shape index (κ1) is 12.9. The molecule has 0 heterocycles. The summed E-state index contributed by atoms with van der Waals surface area (Å²) < 4.78 is 53.0. The fraction of sp³-hybridized carbons (Fsp3) is 1.00. The Morgan fingerprint density at radius 2 is 1.20 bits per heavy atom. The second-order valence-electron chi connectivity index (χ2n) is 3.61. The van der Waals surface area contributed by atoms with Crippen LogP contribution in [-0.4, -0.2) is 41.6 Å². The molecule has 0 aromatic carbocycles. The summed E-state index contributed by atoms with van der Waals surface area (Å²) in [6.45, 7) is 0. The van der Waals surface area contributed by atoms with E-state index in [2.05, 4.69) is 0 Å². The van der Waals surface area contributed by atoms with Gasteiger partial charge in [0.2, 0.25) is 0 Å². The molecule has 0 saturated heterocycles. The van der Waals surface area contributed by atoms with E-state index in [1.807, 2.05) is 0 Å². The Morgan fingerprint density at radius 3 is 1.47 bits per heavy atom. The first-order chi connectivity index (χ1) is 6.67. The molecule has 0 amide bonds. The highest BCUT2D eigenvalue weighted by molar-refractivity contribution is 7.86. The van der Waals surface area contributed by atoms with Crippen LogP contribution in [0.1, 0.15) is 19.3 Å². The van der Waals surface area contributed by atoms with E-state index in [0.29, 0.717) is 19.3 Å². The van der Waals surface area contributed by atoms with E-state index in [-0.39, 0.29) is 0 Å². The van der Waals surface area contributed by atoms with Crippen molar-refractivity contribution >= 4 is 20.2 Å². The highest BCUT2D eigenvalue weighted by Gasteiger charge is 2.34. The van der Waals surface area contributed by atoms with E-state index in [4.69, 9.17) is 8.37 Å². The maximum absolute atomic E-state index is 10.9. The Morgan fingerprint density at radius 1 is 0.867 bits per heavy atom. The molecule has 0 N–H and O–H groups in total. The van der Waals surface area contributed by atoms with Gasteiger partial charge in [0.15, 0.2) is 0 Å². The van der Waals surface area contributed by atoms with Crippen molar-refractivity contribution < 1.29 is 25.2 Å². The summed E-state index contributed by atoms with van der Waals surface area (Å²) in [5, 5.41) is 0. The number of hydrogen-bond donors (Lipinski definition) is 0. The van der Waals surface area contributed by atoms with Crippen molar-refractivity contribution in [1.82, 2.24) is 0 Å². The summed E-state index contributed by atoms with van der Waals surface area (Å²) in [6, 6.07) is 0. The first-order valence-electron chi connectivity index (χ1n) is 4.44. The molecular formula is C7H14O6S2. The zero-order chi connectivity index (χ0) is 11.7. The third-order valence-electron chi connectivity index (χ3n) is 1.99. The maximum atomic E-state index is 10.9. The van der Waals surface area contributed by atoms with Crippen molar-refractivity contribution in [2.24, 2.45) is 0 Å². The lowest BCUT2D eigenvalue weighted by Crippen LogP contribution is -2.30. The van der Waals surface area contributed by atoms with Gasteiger partial charge in [-0.3, -0.25) is 8.37 Å². The quantitative estimate of drug-likeness (QED) is 0.652. The molecule has 1 aliphatic rings. The SMILES string of the molecule is CS(=O)(=O)OC1CCC[C@H]1OS(C)(=O)=O. The summed E-state index contributed by atoms with van der Waals surface area (Å²) in [5.41, 5.74) is 0. The smallest absolute Gasteiger partial charge is 0.264 e. The highest BCUT2D eigenvalue weighted by Crippen LogP contribution is 2.27. The zero-order valence-electron chi connectivity index (χ0n) is 8.54. The van der Waals surface area contributed by atoms with Gasteiger partial charge in [0, 0.05) is 0 Å².